The zero-order valence-electron chi connectivity index (χ0n) is 21.6. The van der Waals surface area contributed by atoms with Crippen LogP contribution in [0.4, 0.5) is 0 Å². The Morgan fingerprint density at radius 1 is 0.500 bits per heavy atom. The zero-order valence-corrected chi connectivity index (χ0v) is 30.7. The maximum Gasteiger partial charge on any atom is 0.0671 e. The molecule has 226 valence electrons. The lowest BCUT2D eigenvalue weighted by molar-refractivity contribution is 1.57. The third-order valence-corrected chi connectivity index (χ3v) is 10.1. The van der Waals surface area contributed by atoms with Crippen LogP contribution in [0.3, 0.4) is 0 Å². The van der Waals surface area contributed by atoms with E-state index in [1.165, 1.54) is 6.08 Å². The SMILES string of the molecule is ClC(=Cc1c(Cl)cccc1Cl)C(Cl)=C(C=C(Cl)c1ccc(Cl)cc1Cl)c1ccc(Cl)c(C=C(Cl)c2c(Cl)cccc2Cl)c1Cl. The van der Waals surface area contributed by atoms with E-state index in [9.17, 15) is 0 Å². The van der Waals surface area contributed by atoms with Gasteiger partial charge in [-0.15, -0.1) is 0 Å². The first-order valence-electron chi connectivity index (χ1n) is 12.1. The molecule has 0 atom stereocenters. The van der Waals surface area contributed by atoms with Crippen LogP contribution in [-0.2, 0) is 0 Å². The molecular weight excluding hydrogens is 810 g/mol. The molecule has 0 bridgehead atoms. The van der Waals surface area contributed by atoms with Crippen LogP contribution in [0.2, 0.25) is 40.2 Å². The van der Waals surface area contributed by atoms with Crippen molar-refractivity contribution in [2.45, 2.75) is 0 Å². The van der Waals surface area contributed by atoms with Gasteiger partial charge in [0, 0.05) is 58.5 Å². The minimum absolute atomic E-state index is 0.0605. The van der Waals surface area contributed by atoms with Gasteiger partial charge in [-0.05, 0) is 60.7 Å². The molecule has 0 heterocycles. The van der Waals surface area contributed by atoms with Gasteiger partial charge < -0.3 is 0 Å². The lowest BCUT2D eigenvalue weighted by Gasteiger charge is -2.15. The van der Waals surface area contributed by atoms with Crippen LogP contribution in [0.1, 0.15) is 27.8 Å². The number of hydrogen-bond acceptors (Lipinski definition) is 0. The summed E-state index contributed by atoms with van der Waals surface area (Å²) in [4.78, 5) is 0. The summed E-state index contributed by atoms with van der Waals surface area (Å²) in [5.74, 6) is 0. The number of allylic oxidation sites excluding steroid dienone is 4. The summed E-state index contributed by atoms with van der Waals surface area (Å²) in [6.07, 6.45) is 4.65. The molecule has 4 aromatic carbocycles. The molecule has 0 spiro atoms. The molecular formula is C32H14Cl12. The number of hydrogen-bond donors (Lipinski definition) is 0. The van der Waals surface area contributed by atoms with Crippen molar-refractivity contribution >= 4 is 167 Å². The summed E-state index contributed by atoms with van der Waals surface area (Å²) in [5, 5.41) is 3.20. The second-order valence-electron chi connectivity index (χ2n) is 8.88. The fourth-order valence-electron chi connectivity index (χ4n) is 3.95. The van der Waals surface area contributed by atoms with Crippen LogP contribution >= 0.6 is 139 Å². The molecule has 0 fully saturated rings. The maximum absolute atomic E-state index is 6.99. The zero-order chi connectivity index (χ0) is 32.3. The van der Waals surface area contributed by atoms with Crippen molar-refractivity contribution in [2.75, 3.05) is 0 Å². The Hall–Kier alpha value is -0.680. The molecule has 0 aliphatic carbocycles. The molecule has 0 saturated carbocycles. The summed E-state index contributed by atoms with van der Waals surface area (Å²) in [7, 11) is 0. The molecule has 0 aliphatic heterocycles. The van der Waals surface area contributed by atoms with Crippen LogP contribution in [0.5, 0.6) is 0 Å². The Labute approximate surface area is 314 Å². The first-order valence-corrected chi connectivity index (χ1v) is 16.7. The van der Waals surface area contributed by atoms with Crippen molar-refractivity contribution < 1.29 is 0 Å². The minimum Gasteiger partial charge on any atom is -0.0843 e. The normalized spacial score (nSPS) is 13.3. The average molecular weight is 824 g/mol. The fraction of sp³-hybridized carbons (Fsp3) is 0. The molecule has 44 heavy (non-hydrogen) atoms. The molecule has 0 unspecified atom stereocenters. The predicted octanol–water partition coefficient (Wildman–Crippen LogP) is 16.2. The van der Waals surface area contributed by atoms with Crippen molar-refractivity contribution in [3.8, 4) is 0 Å². The smallest absolute Gasteiger partial charge is 0.0671 e. The van der Waals surface area contributed by atoms with Gasteiger partial charge in [0.15, 0.2) is 0 Å². The molecule has 12 heteroatoms. The molecule has 0 radical (unpaired) electrons. The molecule has 4 aromatic rings. The monoisotopic (exact) mass is 818 g/mol. The van der Waals surface area contributed by atoms with Crippen molar-refractivity contribution in [3.63, 3.8) is 0 Å². The topological polar surface area (TPSA) is 0 Å². The summed E-state index contributed by atoms with van der Waals surface area (Å²) < 4.78 is 0. The van der Waals surface area contributed by atoms with Crippen molar-refractivity contribution in [1.82, 2.24) is 0 Å². The van der Waals surface area contributed by atoms with Crippen LogP contribution in [-0.4, -0.2) is 0 Å². The Morgan fingerprint density at radius 3 is 1.64 bits per heavy atom. The highest BCUT2D eigenvalue weighted by Gasteiger charge is 2.20. The van der Waals surface area contributed by atoms with Gasteiger partial charge in [-0.25, -0.2) is 0 Å². The van der Waals surface area contributed by atoms with E-state index in [-0.39, 0.29) is 30.2 Å². The average Bonchev–Trinajstić information content (AvgIpc) is 2.95. The van der Waals surface area contributed by atoms with E-state index in [1.807, 2.05) is 0 Å². The Balaban J connectivity index is 1.98. The van der Waals surface area contributed by atoms with Crippen LogP contribution in [0.25, 0.3) is 27.8 Å². The third kappa shape index (κ3) is 8.42. The van der Waals surface area contributed by atoms with Gasteiger partial charge in [0.1, 0.15) is 0 Å². The molecule has 4 rings (SSSR count). The highest BCUT2D eigenvalue weighted by atomic mass is 35.5. The van der Waals surface area contributed by atoms with Gasteiger partial charge in [0.05, 0.1) is 35.2 Å². The third-order valence-electron chi connectivity index (χ3n) is 6.07. The molecule has 0 nitrogen and oxygen atoms in total. The van der Waals surface area contributed by atoms with Gasteiger partial charge in [-0.1, -0.05) is 163 Å². The largest absolute Gasteiger partial charge is 0.0843 e. The Morgan fingerprint density at radius 2 is 1.05 bits per heavy atom. The van der Waals surface area contributed by atoms with Crippen LogP contribution in [0.15, 0.2) is 82.9 Å². The minimum atomic E-state index is 0.0605. The standard InChI is InChI=1S/C32H14Cl12/c33-15-7-8-17(26(39)11-15)27(40)12-18(32(44)29(42)13-19-21(34)3-1-4-22(19)35)16-9-10-23(36)20(31(16)43)14-28(41)30-24(37)5-2-6-25(30)38/h1-14H. The quantitative estimate of drug-likeness (QED) is 0.129. The van der Waals surface area contributed by atoms with Crippen molar-refractivity contribution in [1.29, 1.82) is 0 Å². The van der Waals surface area contributed by atoms with E-state index in [4.69, 9.17) is 139 Å². The van der Waals surface area contributed by atoms with E-state index in [2.05, 4.69) is 0 Å². The van der Waals surface area contributed by atoms with Gasteiger partial charge in [-0.2, -0.15) is 0 Å². The van der Waals surface area contributed by atoms with Crippen molar-refractivity contribution in [2.24, 2.45) is 0 Å². The van der Waals surface area contributed by atoms with Gasteiger partial charge >= 0.3 is 0 Å². The van der Waals surface area contributed by atoms with E-state index in [0.717, 1.165) is 0 Å². The molecule has 0 amide bonds. The van der Waals surface area contributed by atoms with Crippen LogP contribution in [0, 0.1) is 0 Å². The van der Waals surface area contributed by atoms with E-state index < -0.39 is 0 Å². The van der Waals surface area contributed by atoms with E-state index >= 15 is 0 Å². The van der Waals surface area contributed by atoms with Gasteiger partial charge in [-0.3, -0.25) is 0 Å². The van der Waals surface area contributed by atoms with Gasteiger partial charge in [0.2, 0.25) is 0 Å². The molecule has 0 aromatic heterocycles. The maximum atomic E-state index is 6.99. The summed E-state index contributed by atoms with van der Waals surface area (Å²) in [6.45, 7) is 0. The number of benzene rings is 4. The number of halogens is 12. The fourth-order valence-corrected chi connectivity index (χ4v) is 7.30. The van der Waals surface area contributed by atoms with Crippen LogP contribution < -0.4 is 0 Å². The van der Waals surface area contributed by atoms with Gasteiger partial charge in [0.25, 0.3) is 0 Å². The summed E-state index contributed by atoms with van der Waals surface area (Å²) >= 11 is 78.8. The van der Waals surface area contributed by atoms with Crippen molar-refractivity contribution in [3.05, 3.63) is 151 Å². The molecule has 0 N–H and O–H groups in total. The lowest BCUT2D eigenvalue weighted by Crippen LogP contribution is -1.93. The summed E-state index contributed by atoms with van der Waals surface area (Å²) in [6, 6.07) is 18.2. The number of rotatable bonds is 7. The second-order valence-corrected chi connectivity index (χ2v) is 13.7. The molecule has 0 saturated heterocycles. The highest BCUT2D eigenvalue weighted by Crippen LogP contribution is 2.43. The van der Waals surface area contributed by atoms with E-state index in [0.29, 0.717) is 63.5 Å². The Bertz CT molecular complexity index is 1840. The lowest BCUT2D eigenvalue weighted by atomic mass is 9.99. The second kappa shape index (κ2) is 15.9. The summed E-state index contributed by atoms with van der Waals surface area (Å²) in [5.41, 5.74) is 2.43. The first kappa shape index (κ1) is 36.2. The Kier molecular flexibility index (Phi) is 13.1. The highest BCUT2D eigenvalue weighted by molar-refractivity contribution is 6.56. The van der Waals surface area contributed by atoms with E-state index in [1.54, 1.807) is 78.9 Å². The first-order chi connectivity index (χ1) is 20.8. The molecule has 0 aliphatic rings. The predicted molar refractivity (Wildman–Crippen MR) is 200 cm³/mol.